The molecule has 0 aromatic heterocycles. The van der Waals surface area contributed by atoms with Crippen LogP contribution in [0.2, 0.25) is 0 Å². The van der Waals surface area contributed by atoms with Crippen LogP contribution in [-0.4, -0.2) is 66.4 Å². The maximum Gasteiger partial charge on any atom is 0.337 e. The molecule has 1 aromatic rings. The first-order valence-electron chi connectivity index (χ1n) is 9.93. The number of esters is 1. The average Bonchev–Trinajstić information content (AvgIpc) is 2.90. The van der Waals surface area contributed by atoms with Crippen molar-refractivity contribution in [1.29, 1.82) is 0 Å². The van der Waals surface area contributed by atoms with E-state index in [4.69, 9.17) is 0 Å². The topological polar surface area (TPSA) is 96.0 Å². The number of methoxy groups -OCH3 is 1. The summed E-state index contributed by atoms with van der Waals surface area (Å²) >= 11 is 0. The molecule has 1 N–H and O–H groups in total. The molecule has 0 radical (unpaired) electrons. The molecule has 1 saturated carbocycles. The lowest BCUT2D eigenvalue weighted by molar-refractivity contribution is -0.137. The van der Waals surface area contributed by atoms with Gasteiger partial charge in [-0.2, -0.15) is 0 Å². The lowest BCUT2D eigenvalue weighted by Gasteiger charge is -2.35. The van der Waals surface area contributed by atoms with Crippen LogP contribution in [0.3, 0.4) is 0 Å². The van der Waals surface area contributed by atoms with Gasteiger partial charge in [-0.05, 0) is 37.0 Å². The third-order valence-corrected chi connectivity index (χ3v) is 5.90. The molecule has 156 valence electrons. The highest BCUT2D eigenvalue weighted by molar-refractivity contribution is 6.08. The Morgan fingerprint density at radius 2 is 1.76 bits per heavy atom. The highest BCUT2D eigenvalue weighted by Crippen LogP contribution is 2.39. The number of hydrogen-bond acceptors (Lipinski definition) is 5. The molecule has 0 bridgehead atoms. The Morgan fingerprint density at radius 3 is 2.38 bits per heavy atom. The van der Waals surface area contributed by atoms with E-state index < -0.39 is 17.5 Å². The van der Waals surface area contributed by atoms with Crippen molar-refractivity contribution in [2.75, 3.05) is 27.2 Å². The smallest absolute Gasteiger partial charge is 0.337 e. The maximum absolute atomic E-state index is 12.9. The first-order valence-corrected chi connectivity index (χ1v) is 9.93. The number of hydrogen-bond donors (Lipinski definition) is 1. The molecule has 8 heteroatoms. The number of carbonyl (C=O) groups excluding carboxylic acids is 4. The number of benzene rings is 1. The number of ether oxygens (including phenoxy) is 1. The second kappa shape index (κ2) is 8.63. The molecule has 1 aliphatic heterocycles. The molecule has 1 spiro atoms. The molecule has 0 atom stereocenters. The zero-order chi connectivity index (χ0) is 21.0. The predicted molar refractivity (Wildman–Crippen MR) is 105 cm³/mol. The van der Waals surface area contributed by atoms with E-state index in [1.165, 1.54) is 12.0 Å². The van der Waals surface area contributed by atoms with E-state index in [0.29, 0.717) is 31.4 Å². The van der Waals surface area contributed by atoms with E-state index in [1.807, 2.05) is 0 Å². The van der Waals surface area contributed by atoms with Crippen LogP contribution >= 0.6 is 0 Å². The second-order valence-corrected chi connectivity index (χ2v) is 7.61. The number of imide groups is 1. The van der Waals surface area contributed by atoms with E-state index in [9.17, 15) is 19.2 Å². The van der Waals surface area contributed by atoms with Crippen molar-refractivity contribution in [3.63, 3.8) is 0 Å². The third kappa shape index (κ3) is 4.11. The van der Waals surface area contributed by atoms with E-state index >= 15 is 0 Å². The minimum atomic E-state index is -0.767. The van der Waals surface area contributed by atoms with Gasteiger partial charge in [0.25, 0.3) is 5.91 Å². The molecule has 29 heavy (non-hydrogen) atoms. The summed E-state index contributed by atoms with van der Waals surface area (Å²) < 4.78 is 4.66. The quantitative estimate of drug-likeness (QED) is 0.578. The molecular formula is C21H27N3O5. The van der Waals surface area contributed by atoms with Gasteiger partial charge in [0.2, 0.25) is 5.91 Å². The highest BCUT2D eigenvalue weighted by atomic mass is 16.5. The van der Waals surface area contributed by atoms with Crippen LogP contribution in [0.15, 0.2) is 24.3 Å². The SMILES string of the molecule is COC(=O)c1ccc(CCNC(=O)CN2C(=O)N(C)C3(CCCCC3)C2=O)cc1. The lowest BCUT2D eigenvalue weighted by Crippen LogP contribution is -2.49. The van der Waals surface area contributed by atoms with Crippen molar-refractivity contribution in [2.24, 2.45) is 0 Å². The number of nitrogens with zero attached hydrogens (tertiary/aromatic N) is 2. The van der Waals surface area contributed by atoms with Crippen molar-refractivity contribution in [2.45, 2.75) is 44.1 Å². The van der Waals surface area contributed by atoms with Gasteiger partial charge in [-0.15, -0.1) is 0 Å². The van der Waals surface area contributed by atoms with Crippen molar-refractivity contribution >= 4 is 23.8 Å². The minimum absolute atomic E-state index is 0.252. The first kappa shape index (κ1) is 20.8. The predicted octanol–water partition coefficient (Wildman–Crippen LogP) is 1.73. The monoisotopic (exact) mass is 401 g/mol. The fraction of sp³-hybridized carbons (Fsp3) is 0.524. The number of amides is 4. The van der Waals surface area contributed by atoms with Crippen molar-refractivity contribution in [1.82, 2.24) is 15.1 Å². The Hall–Kier alpha value is -2.90. The highest BCUT2D eigenvalue weighted by Gasteiger charge is 2.55. The van der Waals surface area contributed by atoms with Gasteiger partial charge in [0.05, 0.1) is 12.7 Å². The van der Waals surface area contributed by atoms with Crippen LogP contribution in [-0.2, 0) is 20.7 Å². The second-order valence-electron chi connectivity index (χ2n) is 7.61. The Balaban J connectivity index is 1.51. The van der Waals surface area contributed by atoms with Gasteiger partial charge < -0.3 is 15.0 Å². The van der Waals surface area contributed by atoms with Gasteiger partial charge in [0.15, 0.2) is 0 Å². The maximum atomic E-state index is 12.9. The molecule has 1 aliphatic carbocycles. The van der Waals surface area contributed by atoms with Crippen LogP contribution in [0, 0.1) is 0 Å². The van der Waals surface area contributed by atoms with Crippen molar-refractivity contribution in [3.8, 4) is 0 Å². The summed E-state index contributed by atoms with van der Waals surface area (Å²) in [7, 11) is 2.98. The molecule has 1 aromatic carbocycles. The summed E-state index contributed by atoms with van der Waals surface area (Å²) in [6, 6.07) is 6.54. The van der Waals surface area contributed by atoms with Crippen molar-refractivity contribution < 1.29 is 23.9 Å². The van der Waals surface area contributed by atoms with Gasteiger partial charge in [-0.25, -0.2) is 9.59 Å². The molecule has 2 aliphatic rings. The van der Waals surface area contributed by atoms with Gasteiger partial charge in [0, 0.05) is 13.6 Å². The van der Waals surface area contributed by atoms with Crippen LogP contribution in [0.5, 0.6) is 0 Å². The molecule has 0 unspecified atom stereocenters. The van der Waals surface area contributed by atoms with Crippen LogP contribution in [0.25, 0.3) is 0 Å². The van der Waals surface area contributed by atoms with Crippen LogP contribution in [0.4, 0.5) is 4.79 Å². The van der Waals surface area contributed by atoms with E-state index in [0.717, 1.165) is 29.7 Å². The third-order valence-electron chi connectivity index (χ3n) is 5.90. The minimum Gasteiger partial charge on any atom is -0.465 e. The zero-order valence-electron chi connectivity index (χ0n) is 16.9. The molecule has 4 amide bonds. The molecule has 8 nitrogen and oxygen atoms in total. The molecular weight excluding hydrogens is 374 g/mol. The Bertz CT molecular complexity index is 799. The number of rotatable bonds is 6. The fourth-order valence-electron chi connectivity index (χ4n) is 4.14. The Morgan fingerprint density at radius 1 is 1.10 bits per heavy atom. The summed E-state index contributed by atoms with van der Waals surface area (Å²) in [4.78, 5) is 51.8. The number of urea groups is 1. The van der Waals surface area contributed by atoms with E-state index in [2.05, 4.69) is 10.1 Å². The lowest BCUT2D eigenvalue weighted by atomic mass is 9.81. The average molecular weight is 401 g/mol. The summed E-state index contributed by atoms with van der Waals surface area (Å²) in [6.07, 6.45) is 4.79. The largest absolute Gasteiger partial charge is 0.465 e. The summed E-state index contributed by atoms with van der Waals surface area (Å²) in [6.45, 7) is 0.110. The van der Waals surface area contributed by atoms with Gasteiger partial charge in [-0.1, -0.05) is 31.4 Å². The van der Waals surface area contributed by atoms with E-state index in [-0.39, 0.29) is 18.4 Å². The van der Waals surface area contributed by atoms with Gasteiger partial charge in [-0.3, -0.25) is 14.5 Å². The standard InChI is InChI=1S/C21H27N3O5/c1-23-20(28)24(19(27)21(23)11-4-3-5-12-21)14-17(25)22-13-10-15-6-8-16(9-7-15)18(26)29-2/h6-9H,3-5,10-14H2,1-2H3,(H,22,25). The number of carbonyl (C=O) groups is 4. The molecule has 2 fully saturated rings. The molecule has 1 heterocycles. The normalized spacial score (nSPS) is 18.3. The Kier molecular flexibility index (Phi) is 6.20. The molecule has 3 rings (SSSR count). The van der Waals surface area contributed by atoms with E-state index in [1.54, 1.807) is 31.3 Å². The first-order chi connectivity index (χ1) is 13.9. The zero-order valence-corrected chi connectivity index (χ0v) is 16.9. The summed E-state index contributed by atoms with van der Waals surface area (Å²) in [5.74, 6) is -1.01. The van der Waals surface area contributed by atoms with Crippen molar-refractivity contribution in [3.05, 3.63) is 35.4 Å². The van der Waals surface area contributed by atoms with Gasteiger partial charge >= 0.3 is 12.0 Å². The summed E-state index contributed by atoms with van der Waals surface area (Å²) in [5, 5.41) is 2.76. The number of likely N-dealkylation sites (N-methyl/N-ethyl adjacent to an activating group) is 1. The Labute approximate surface area is 170 Å². The number of nitrogens with one attached hydrogen (secondary N) is 1. The van der Waals surface area contributed by atoms with Crippen LogP contribution < -0.4 is 5.32 Å². The van der Waals surface area contributed by atoms with Crippen LogP contribution in [0.1, 0.15) is 48.0 Å². The fourth-order valence-corrected chi connectivity index (χ4v) is 4.14. The summed E-state index contributed by atoms with van der Waals surface area (Å²) in [5.41, 5.74) is 0.649. The van der Waals surface area contributed by atoms with Gasteiger partial charge in [0.1, 0.15) is 12.1 Å². The molecule has 1 saturated heterocycles.